The first-order valence-corrected chi connectivity index (χ1v) is 8.81. The zero-order valence-electron chi connectivity index (χ0n) is 17.0. The summed E-state index contributed by atoms with van der Waals surface area (Å²) in [5.41, 5.74) is 1.23. The van der Waals surface area contributed by atoms with Crippen LogP contribution < -0.4 is 10.6 Å². The van der Waals surface area contributed by atoms with Crippen LogP contribution in [0.25, 0.3) is 0 Å². The Morgan fingerprint density at radius 2 is 1.59 bits per heavy atom. The molecule has 7 heteroatoms. The summed E-state index contributed by atoms with van der Waals surface area (Å²) >= 11 is 0. The molecule has 2 N–H and O–H groups in total. The van der Waals surface area contributed by atoms with E-state index in [2.05, 4.69) is 36.5 Å². The van der Waals surface area contributed by atoms with Crippen LogP contribution in [0.5, 0.6) is 0 Å². The molecular weight excluding hydrogens is 344 g/mol. The second-order valence-corrected chi connectivity index (χ2v) is 8.45. The fourth-order valence-corrected chi connectivity index (χ4v) is 2.26. The number of hydrogen-bond acceptors (Lipinski definition) is 4. The zero-order chi connectivity index (χ0) is 20.4. The largest absolute Gasteiger partial charge is 0.456 e. The molecule has 0 unspecified atom stereocenters. The molecule has 0 radical (unpaired) electrons. The third-order valence-electron chi connectivity index (χ3n) is 3.67. The second kappa shape index (κ2) is 7.42. The molecule has 7 nitrogen and oxygen atoms in total. The van der Waals surface area contributed by atoms with Crippen LogP contribution in [0.15, 0.2) is 30.3 Å². The van der Waals surface area contributed by atoms with E-state index in [0.717, 1.165) is 5.69 Å². The minimum Gasteiger partial charge on any atom is -0.456 e. The van der Waals surface area contributed by atoms with Crippen LogP contribution in [0.1, 0.15) is 57.6 Å². The van der Waals surface area contributed by atoms with Gasteiger partial charge in [0.05, 0.1) is 11.3 Å². The number of urea groups is 1. The lowest BCUT2D eigenvalue weighted by molar-refractivity contribution is 0.00695. The monoisotopic (exact) mass is 372 g/mol. The lowest BCUT2D eigenvalue weighted by Gasteiger charge is -2.19. The maximum atomic E-state index is 12.2. The molecule has 0 atom stereocenters. The SMILES string of the molecule is Cn1nc(C(C)(C)C)cc1NC(=O)Nc1ccc(C(=O)OC(C)(C)C)cc1. The van der Waals surface area contributed by atoms with E-state index in [1.54, 1.807) is 36.0 Å². The standard InChI is InChI=1S/C20H28N4O3/c1-19(2,3)15-12-16(24(7)23-15)22-18(26)21-14-10-8-13(9-11-14)17(25)27-20(4,5)6/h8-12H,1-7H3,(H2,21,22,26). The maximum absolute atomic E-state index is 12.2. The number of aromatic nitrogens is 2. The second-order valence-electron chi connectivity index (χ2n) is 8.45. The van der Waals surface area contributed by atoms with Gasteiger partial charge < -0.3 is 10.1 Å². The predicted octanol–water partition coefficient (Wildman–Crippen LogP) is 4.32. The number of amides is 2. The van der Waals surface area contributed by atoms with Crippen molar-refractivity contribution in [1.82, 2.24) is 9.78 Å². The van der Waals surface area contributed by atoms with Crippen LogP contribution in [0.3, 0.4) is 0 Å². The Morgan fingerprint density at radius 3 is 2.07 bits per heavy atom. The molecule has 27 heavy (non-hydrogen) atoms. The Balaban J connectivity index is 2.00. The first-order valence-electron chi connectivity index (χ1n) is 8.81. The molecule has 0 bridgehead atoms. The van der Waals surface area contributed by atoms with Crippen molar-refractivity contribution in [3.8, 4) is 0 Å². The Bertz CT molecular complexity index is 824. The van der Waals surface area contributed by atoms with E-state index in [4.69, 9.17) is 4.74 Å². The number of carbonyl (C=O) groups excluding carboxylic acids is 2. The number of nitrogens with zero attached hydrogens (tertiary/aromatic N) is 2. The molecule has 146 valence electrons. The van der Waals surface area contributed by atoms with Crippen molar-refractivity contribution in [2.75, 3.05) is 10.6 Å². The van der Waals surface area contributed by atoms with Gasteiger partial charge in [-0.25, -0.2) is 9.59 Å². The summed E-state index contributed by atoms with van der Waals surface area (Å²) in [4.78, 5) is 24.3. The highest BCUT2D eigenvalue weighted by atomic mass is 16.6. The number of carbonyl (C=O) groups is 2. The fourth-order valence-electron chi connectivity index (χ4n) is 2.26. The number of benzene rings is 1. The number of aryl methyl sites for hydroxylation is 1. The first kappa shape index (κ1) is 20.5. The third-order valence-corrected chi connectivity index (χ3v) is 3.67. The molecule has 0 aliphatic carbocycles. The molecule has 0 saturated carbocycles. The predicted molar refractivity (Wildman–Crippen MR) is 106 cm³/mol. The van der Waals surface area contributed by atoms with Crippen LogP contribution in [0, 0.1) is 0 Å². The molecular formula is C20H28N4O3. The minimum absolute atomic E-state index is 0.105. The van der Waals surface area contributed by atoms with Crippen LogP contribution in [-0.4, -0.2) is 27.4 Å². The number of esters is 1. The van der Waals surface area contributed by atoms with E-state index in [-0.39, 0.29) is 11.4 Å². The van der Waals surface area contributed by atoms with Gasteiger partial charge in [-0.1, -0.05) is 20.8 Å². The number of anilines is 2. The van der Waals surface area contributed by atoms with Gasteiger partial charge in [-0.15, -0.1) is 0 Å². The molecule has 2 amide bonds. The average Bonchev–Trinajstić information content (AvgIpc) is 2.87. The number of rotatable bonds is 3. The van der Waals surface area contributed by atoms with Crippen LogP contribution >= 0.6 is 0 Å². The van der Waals surface area contributed by atoms with Crippen molar-refractivity contribution in [3.05, 3.63) is 41.6 Å². The van der Waals surface area contributed by atoms with Crippen molar-refractivity contribution < 1.29 is 14.3 Å². The van der Waals surface area contributed by atoms with Crippen molar-refractivity contribution in [2.45, 2.75) is 52.6 Å². The normalized spacial score (nSPS) is 11.8. The summed E-state index contributed by atoms with van der Waals surface area (Å²) in [5, 5.41) is 9.94. The van der Waals surface area contributed by atoms with Gasteiger partial charge in [-0.05, 0) is 45.0 Å². The van der Waals surface area contributed by atoms with Gasteiger partial charge in [0.2, 0.25) is 0 Å². The van der Waals surface area contributed by atoms with Crippen LogP contribution in [-0.2, 0) is 17.2 Å². The summed E-state index contributed by atoms with van der Waals surface area (Å²) in [6.45, 7) is 11.6. The Morgan fingerprint density at radius 1 is 1.00 bits per heavy atom. The van der Waals surface area contributed by atoms with Crippen LogP contribution in [0.2, 0.25) is 0 Å². The van der Waals surface area contributed by atoms with Gasteiger partial charge >= 0.3 is 12.0 Å². The maximum Gasteiger partial charge on any atom is 0.338 e. The molecule has 0 spiro atoms. The summed E-state index contributed by atoms with van der Waals surface area (Å²) in [6.07, 6.45) is 0. The number of ether oxygens (including phenoxy) is 1. The molecule has 0 fully saturated rings. The van der Waals surface area contributed by atoms with Gasteiger partial charge in [0.1, 0.15) is 11.4 Å². The smallest absolute Gasteiger partial charge is 0.338 e. The van der Waals surface area contributed by atoms with E-state index in [0.29, 0.717) is 17.1 Å². The van der Waals surface area contributed by atoms with Gasteiger partial charge in [0, 0.05) is 24.2 Å². The van der Waals surface area contributed by atoms with Crippen LogP contribution in [0.4, 0.5) is 16.3 Å². The molecule has 0 saturated heterocycles. The Hall–Kier alpha value is -2.83. The van der Waals surface area contributed by atoms with E-state index < -0.39 is 11.6 Å². The number of hydrogen-bond donors (Lipinski definition) is 2. The Labute approximate surface area is 160 Å². The zero-order valence-corrected chi connectivity index (χ0v) is 17.0. The molecule has 0 aliphatic heterocycles. The lowest BCUT2D eigenvalue weighted by Crippen LogP contribution is -2.24. The molecule has 2 rings (SSSR count). The van der Waals surface area contributed by atoms with Crippen molar-refractivity contribution in [3.63, 3.8) is 0 Å². The van der Waals surface area contributed by atoms with Gasteiger partial charge in [-0.3, -0.25) is 10.00 Å². The summed E-state index contributed by atoms with van der Waals surface area (Å²) < 4.78 is 6.95. The van der Waals surface area contributed by atoms with Crippen molar-refractivity contribution >= 4 is 23.5 Å². The quantitative estimate of drug-likeness (QED) is 0.786. The molecule has 1 aromatic heterocycles. The molecule has 2 aromatic rings. The summed E-state index contributed by atoms with van der Waals surface area (Å²) in [6, 6.07) is 8.01. The van der Waals surface area contributed by atoms with E-state index in [1.807, 2.05) is 26.8 Å². The lowest BCUT2D eigenvalue weighted by atomic mass is 9.92. The molecule has 1 aromatic carbocycles. The third kappa shape index (κ3) is 5.84. The highest BCUT2D eigenvalue weighted by Gasteiger charge is 2.20. The van der Waals surface area contributed by atoms with Gasteiger partial charge in [0.15, 0.2) is 0 Å². The van der Waals surface area contributed by atoms with E-state index in [1.165, 1.54) is 0 Å². The topological polar surface area (TPSA) is 85.3 Å². The number of nitrogens with one attached hydrogen (secondary N) is 2. The molecule has 0 aliphatic rings. The van der Waals surface area contributed by atoms with E-state index in [9.17, 15) is 9.59 Å². The van der Waals surface area contributed by atoms with Crippen molar-refractivity contribution in [1.29, 1.82) is 0 Å². The minimum atomic E-state index is -0.553. The fraction of sp³-hybridized carbons (Fsp3) is 0.450. The summed E-state index contributed by atoms with van der Waals surface area (Å²) in [5.74, 6) is 0.200. The van der Waals surface area contributed by atoms with Gasteiger partial charge in [-0.2, -0.15) is 5.10 Å². The molecule has 1 heterocycles. The van der Waals surface area contributed by atoms with Crippen molar-refractivity contribution in [2.24, 2.45) is 7.05 Å². The Kier molecular flexibility index (Phi) is 5.63. The first-order chi connectivity index (χ1) is 12.3. The van der Waals surface area contributed by atoms with Gasteiger partial charge in [0.25, 0.3) is 0 Å². The average molecular weight is 372 g/mol. The highest BCUT2D eigenvalue weighted by Crippen LogP contribution is 2.23. The van der Waals surface area contributed by atoms with E-state index >= 15 is 0 Å². The summed E-state index contributed by atoms with van der Waals surface area (Å²) in [7, 11) is 1.78. The highest BCUT2D eigenvalue weighted by molar-refractivity contribution is 5.99.